The zero-order valence-corrected chi connectivity index (χ0v) is 13.9. The van der Waals surface area contributed by atoms with Crippen molar-refractivity contribution in [3.63, 3.8) is 0 Å². The molecule has 1 aliphatic rings. The number of aliphatic hydroxyl groups is 1. The van der Waals surface area contributed by atoms with E-state index in [-0.39, 0.29) is 17.9 Å². The predicted molar refractivity (Wildman–Crippen MR) is 92.2 cm³/mol. The Balaban J connectivity index is 1.56. The van der Waals surface area contributed by atoms with Crippen molar-refractivity contribution in [1.82, 2.24) is 9.47 Å². The molecular formula is C19H26N2O2. The van der Waals surface area contributed by atoms with Crippen LogP contribution >= 0.6 is 0 Å². The molecule has 1 aromatic carbocycles. The zero-order valence-electron chi connectivity index (χ0n) is 13.9. The molecular weight excluding hydrogens is 288 g/mol. The fraction of sp³-hybridized carbons (Fsp3) is 0.526. The van der Waals surface area contributed by atoms with Crippen LogP contribution in [0.25, 0.3) is 10.9 Å². The van der Waals surface area contributed by atoms with Crippen molar-refractivity contribution in [2.45, 2.75) is 39.2 Å². The van der Waals surface area contributed by atoms with E-state index >= 15 is 0 Å². The average molecular weight is 314 g/mol. The summed E-state index contributed by atoms with van der Waals surface area (Å²) in [6.45, 7) is 4.65. The van der Waals surface area contributed by atoms with Gasteiger partial charge in [0.25, 0.3) is 0 Å². The molecule has 124 valence electrons. The van der Waals surface area contributed by atoms with Crippen LogP contribution in [0.3, 0.4) is 0 Å². The largest absolute Gasteiger partial charge is 0.396 e. The molecule has 1 aliphatic heterocycles. The van der Waals surface area contributed by atoms with Crippen molar-refractivity contribution < 1.29 is 9.90 Å². The Bertz CT molecular complexity index is 663. The smallest absolute Gasteiger partial charge is 0.224 e. The van der Waals surface area contributed by atoms with E-state index in [1.54, 1.807) is 0 Å². The molecule has 2 aromatic rings. The van der Waals surface area contributed by atoms with Crippen LogP contribution in [0.1, 0.15) is 32.6 Å². The van der Waals surface area contributed by atoms with E-state index in [0.717, 1.165) is 38.9 Å². The predicted octanol–water partition coefficient (Wildman–Crippen LogP) is 3.04. The minimum absolute atomic E-state index is 0.0351. The molecule has 4 nitrogen and oxygen atoms in total. The quantitative estimate of drug-likeness (QED) is 0.922. The molecule has 1 saturated heterocycles. The van der Waals surface area contributed by atoms with Crippen LogP contribution in [0, 0.1) is 5.41 Å². The van der Waals surface area contributed by atoms with Gasteiger partial charge in [-0.15, -0.1) is 0 Å². The van der Waals surface area contributed by atoms with E-state index in [0.29, 0.717) is 6.42 Å². The summed E-state index contributed by atoms with van der Waals surface area (Å²) in [5.74, 6) is 0.227. The number of carbonyl (C=O) groups is 1. The minimum Gasteiger partial charge on any atom is -0.396 e. The summed E-state index contributed by atoms with van der Waals surface area (Å²) in [6.07, 6.45) is 5.41. The molecule has 0 saturated carbocycles. The fourth-order valence-corrected chi connectivity index (χ4v) is 3.56. The Morgan fingerprint density at radius 2 is 1.96 bits per heavy atom. The van der Waals surface area contributed by atoms with E-state index in [2.05, 4.69) is 35.9 Å². The number of amides is 1. The van der Waals surface area contributed by atoms with Gasteiger partial charge in [-0.3, -0.25) is 4.79 Å². The topological polar surface area (TPSA) is 45.5 Å². The van der Waals surface area contributed by atoms with Gasteiger partial charge in [-0.2, -0.15) is 0 Å². The molecule has 1 aromatic heterocycles. The molecule has 1 N–H and O–H groups in total. The second-order valence-electron chi connectivity index (χ2n) is 6.71. The minimum atomic E-state index is 0.0351. The number of aryl methyl sites for hydroxylation is 1. The van der Waals surface area contributed by atoms with Gasteiger partial charge in [0.1, 0.15) is 0 Å². The van der Waals surface area contributed by atoms with E-state index in [1.165, 1.54) is 10.9 Å². The first-order valence-corrected chi connectivity index (χ1v) is 8.60. The summed E-state index contributed by atoms with van der Waals surface area (Å²) in [4.78, 5) is 14.4. The highest BCUT2D eigenvalue weighted by Gasteiger charge is 2.33. The molecule has 2 heterocycles. The van der Waals surface area contributed by atoms with Crippen LogP contribution in [0.5, 0.6) is 0 Å². The fourth-order valence-electron chi connectivity index (χ4n) is 3.56. The van der Waals surface area contributed by atoms with E-state index < -0.39 is 0 Å². The van der Waals surface area contributed by atoms with Crippen LogP contribution in [0.2, 0.25) is 0 Å². The highest BCUT2D eigenvalue weighted by molar-refractivity contribution is 5.80. The molecule has 0 radical (unpaired) electrons. The van der Waals surface area contributed by atoms with Gasteiger partial charge in [0.15, 0.2) is 0 Å². The summed E-state index contributed by atoms with van der Waals surface area (Å²) < 4.78 is 2.15. The second-order valence-corrected chi connectivity index (χ2v) is 6.71. The van der Waals surface area contributed by atoms with Gasteiger partial charge >= 0.3 is 0 Å². The molecule has 3 rings (SSSR count). The van der Waals surface area contributed by atoms with E-state index in [9.17, 15) is 9.90 Å². The molecule has 0 spiro atoms. The third-order valence-corrected chi connectivity index (χ3v) is 5.51. The van der Waals surface area contributed by atoms with Crippen LogP contribution in [0.15, 0.2) is 36.5 Å². The van der Waals surface area contributed by atoms with Gasteiger partial charge < -0.3 is 14.6 Å². The van der Waals surface area contributed by atoms with Crippen molar-refractivity contribution in [3.8, 4) is 0 Å². The molecule has 0 atom stereocenters. The number of likely N-dealkylation sites (tertiary alicyclic amines) is 1. The lowest BCUT2D eigenvalue weighted by Gasteiger charge is -2.40. The monoisotopic (exact) mass is 314 g/mol. The lowest BCUT2D eigenvalue weighted by Crippen LogP contribution is -2.44. The van der Waals surface area contributed by atoms with E-state index in [4.69, 9.17) is 0 Å². The molecule has 23 heavy (non-hydrogen) atoms. The summed E-state index contributed by atoms with van der Waals surface area (Å²) in [5.41, 5.74) is 1.22. The highest BCUT2D eigenvalue weighted by atomic mass is 16.3. The van der Waals surface area contributed by atoms with Gasteiger partial charge in [0, 0.05) is 44.4 Å². The summed E-state index contributed by atoms with van der Waals surface area (Å²) in [7, 11) is 0. The first kappa shape index (κ1) is 16.1. The maximum atomic E-state index is 12.5. The number of hydrogen-bond donors (Lipinski definition) is 1. The third-order valence-electron chi connectivity index (χ3n) is 5.51. The molecule has 1 amide bonds. The normalized spacial score (nSPS) is 17.6. The number of rotatable bonds is 5. The van der Waals surface area contributed by atoms with Crippen molar-refractivity contribution >= 4 is 16.8 Å². The highest BCUT2D eigenvalue weighted by Crippen LogP contribution is 2.34. The van der Waals surface area contributed by atoms with Crippen LogP contribution in [-0.2, 0) is 11.3 Å². The van der Waals surface area contributed by atoms with Gasteiger partial charge in [-0.25, -0.2) is 0 Å². The molecule has 0 unspecified atom stereocenters. The number of aliphatic hydroxyl groups excluding tert-OH is 1. The van der Waals surface area contributed by atoms with Crippen LogP contribution in [0.4, 0.5) is 0 Å². The first-order chi connectivity index (χ1) is 11.2. The number of aromatic nitrogens is 1. The lowest BCUT2D eigenvalue weighted by atomic mass is 9.77. The maximum Gasteiger partial charge on any atom is 0.224 e. The zero-order chi connectivity index (χ0) is 16.3. The third kappa shape index (κ3) is 3.27. The van der Waals surface area contributed by atoms with Gasteiger partial charge in [0.2, 0.25) is 5.91 Å². The van der Waals surface area contributed by atoms with Crippen LogP contribution < -0.4 is 0 Å². The molecule has 4 heteroatoms. The number of benzene rings is 1. The summed E-state index contributed by atoms with van der Waals surface area (Å²) in [6, 6.07) is 10.4. The van der Waals surface area contributed by atoms with Gasteiger partial charge in [-0.1, -0.05) is 25.1 Å². The number of carbonyl (C=O) groups excluding carboxylic acids is 1. The molecule has 0 bridgehead atoms. The van der Waals surface area contributed by atoms with Gasteiger partial charge in [0.05, 0.1) is 0 Å². The Morgan fingerprint density at radius 3 is 2.65 bits per heavy atom. The van der Waals surface area contributed by atoms with Crippen molar-refractivity contribution in [2.24, 2.45) is 5.41 Å². The lowest BCUT2D eigenvalue weighted by molar-refractivity contribution is -0.134. The standard InChI is InChI=1S/C19H26N2O2/c1-2-19(15-22)9-13-21(14-10-19)18(23)8-12-20-11-7-16-5-3-4-6-17(16)20/h3-7,11,22H,2,8-10,12-15H2,1H3. The van der Waals surface area contributed by atoms with E-state index in [1.807, 2.05) is 17.0 Å². The summed E-state index contributed by atoms with van der Waals surface area (Å²) in [5, 5.41) is 10.8. The molecule has 0 aliphatic carbocycles. The van der Waals surface area contributed by atoms with Crippen molar-refractivity contribution in [2.75, 3.05) is 19.7 Å². The SMILES string of the molecule is CCC1(CO)CCN(C(=O)CCn2ccc3ccccc32)CC1. The van der Waals surface area contributed by atoms with Gasteiger partial charge in [-0.05, 0) is 42.2 Å². The Morgan fingerprint density at radius 1 is 1.22 bits per heavy atom. The number of hydrogen-bond acceptors (Lipinski definition) is 2. The van der Waals surface area contributed by atoms with Crippen LogP contribution in [-0.4, -0.2) is 40.2 Å². The summed E-state index contributed by atoms with van der Waals surface area (Å²) >= 11 is 0. The molecule has 1 fully saturated rings. The maximum absolute atomic E-state index is 12.5. The first-order valence-electron chi connectivity index (χ1n) is 8.60. The Hall–Kier alpha value is -1.81. The van der Waals surface area contributed by atoms with Crippen molar-refractivity contribution in [3.05, 3.63) is 36.5 Å². The average Bonchev–Trinajstić information content (AvgIpc) is 3.03. The number of nitrogens with zero attached hydrogens (tertiary/aromatic N) is 2. The number of para-hydroxylation sites is 1. The number of fused-ring (bicyclic) bond motifs is 1. The number of piperidine rings is 1. The second kappa shape index (κ2) is 6.75. The van der Waals surface area contributed by atoms with Crippen molar-refractivity contribution in [1.29, 1.82) is 0 Å². The Kier molecular flexibility index (Phi) is 4.71. The Labute approximate surface area is 137 Å².